The van der Waals surface area contributed by atoms with Gasteiger partial charge in [0.2, 0.25) is 0 Å². The van der Waals surface area contributed by atoms with Gasteiger partial charge in [0.05, 0.1) is 17.2 Å². The normalized spacial score (nSPS) is 13.2. The molecule has 2 rings (SSSR count). The van der Waals surface area contributed by atoms with E-state index in [1.807, 2.05) is 30.7 Å². The van der Waals surface area contributed by atoms with E-state index in [-0.39, 0.29) is 11.6 Å². The Morgan fingerprint density at radius 3 is 2.44 bits per heavy atom. The van der Waals surface area contributed by atoms with Crippen molar-refractivity contribution in [3.63, 3.8) is 0 Å². The van der Waals surface area contributed by atoms with Crippen LogP contribution in [-0.4, -0.2) is 20.7 Å². The molecule has 0 saturated heterocycles. The van der Waals surface area contributed by atoms with Crippen molar-refractivity contribution in [1.29, 1.82) is 0 Å². The molecule has 0 saturated carbocycles. The van der Waals surface area contributed by atoms with Crippen LogP contribution >= 0.6 is 0 Å². The Morgan fingerprint density at radius 2 is 1.94 bits per heavy atom. The first-order valence-electron chi connectivity index (χ1n) is 5.98. The lowest BCUT2D eigenvalue weighted by molar-refractivity contribution is 0.0698. The topological polar surface area (TPSA) is 62.5 Å². The Hall–Kier alpha value is -1.81. The van der Waals surface area contributed by atoms with Crippen LogP contribution < -0.4 is 0 Å². The molecule has 4 heteroatoms. The summed E-state index contributed by atoms with van der Waals surface area (Å²) in [6.07, 6.45) is 1.23. The van der Waals surface area contributed by atoms with Crippen molar-refractivity contribution in [3.05, 3.63) is 35.5 Å². The van der Waals surface area contributed by atoms with Crippen LogP contribution in [0.4, 0.5) is 0 Å². The molecule has 0 aliphatic heterocycles. The Kier molecular flexibility index (Phi) is 3.13. The summed E-state index contributed by atoms with van der Waals surface area (Å²) in [6, 6.07) is 5.29. The third kappa shape index (κ3) is 1.88. The van der Waals surface area contributed by atoms with Gasteiger partial charge >= 0.3 is 5.97 Å². The van der Waals surface area contributed by atoms with E-state index < -0.39 is 12.1 Å². The molecule has 0 fully saturated rings. The fourth-order valence-corrected chi connectivity index (χ4v) is 2.25. The van der Waals surface area contributed by atoms with Crippen LogP contribution in [-0.2, 0) is 0 Å². The van der Waals surface area contributed by atoms with Crippen molar-refractivity contribution in [2.45, 2.75) is 32.9 Å². The molecule has 96 valence electrons. The Balaban J connectivity index is 2.87. The number of aromatic carboxylic acids is 1. The molecule has 2 N–H and O–H groups in total. The zero-order valence-corrected chi connectivity index (χ0v) is 10.7. The first-order chi connectivity index (χ1) is 8.43. The minimum Gasteiger partial charge on any atom is -0.478 e. The minimum atomic E-state index is -0.947. The average molecular weight is 247 g/mol. The number of fused-ring (bicyclic) bond motifs is 1. The second-order valence-electron chi connectivity index (χ2n) is 4.77. The second kappa shape index (κ2) is 4.46. The number of benzene rings is 1. The molecule has 2 aromatic rings. The molecule has 0 bridgehead atoms. The molecule has 0 amide bonds. The highest BCUT2D eigenvalue weighted by Gasteiger charge is 2.19. The molecule has 0 aliphatic rings. The van der Waals surface area contributed by atoms with Crippen molar-refractivity contribution >= 4 is 16.9 Å². The van der Waals surface area contributed by atoms with Crippen molar-refractivity contribution in [3.8, 4) is 0 Å². The van der Waals surface area contributed by atoms with Crippen molar-refractivity contribution in [1.82, 2.24) is 4.57 Å². The lowest BCUT2D eigenvalue weighted by Gasteiger charge is -2.10. The Labute approximate surface area is 105 Å². The van der Waals surface area contributed by atoms with E-state index in [1.165, 1.54) is 0 Å². The minimum absolute atomic E-state index is 0.139. The summed E-state index contributed by atoms with van der Waals surface area (Å²) in [5, 5.41) is 19.9. The molecule has 1 heterocycles. The molecular formula is C14H17NO3. The first-order valence-corrected chi connectivity index (χ1v) is 5.98. The molecule has 0 spiro atoms. The predicted octanol–water partition coefficient (Wildman–Crippen LogP) is 2.97. The van der Waals surface area contributed by atoms with Gasteiger partial charge < -0.3 is 14.8 Å². The van der Waals surface area contributed by atoms with Gasteiger partial charge in [0.1, 0.15) is 0 Å². The van der Waals surface area contributed by atoms with Gasteiger partial charge in [-0.25, -0.2) is 4.79 Å². The summed E-state index contributed by atoms with van der Waals surface area (Å²) in [7, 11) is 0. The van der Waals surface area contributed by atoms with E-state index in [9.17, 15) is 15.0 Å². The van der Waals surface area contributed by atoms with Crippen LogP contribution in [0.3, 0.4) is 0 Å². The van der Waals surface area contributed by atoms with E-state index in [2.05, 4.69) is 0 Å². The number of hydrogen-bond acceptors (Lipinski definition) is 2. The molecule has 1 aromatic carbocycles. The van der Waals surface area contributed by atoms with Gasteiger partial charge in [0.25, 0.3) is 0 Å². The van der Waals surface area contributed by atoms with Crippen LogP contribution in [0.5, 0.6) is 0 Å². The number of para-hydroxylation sites is 1. The third-order valence-electron chi connectivity index (χ3n) is 3.12. The summed E-state index contributed by atoms with van der Waals surface area (Å²) < 4.78 is 1.90. The van der Waals surface area contributed by atoms with Crippen LogP contribution in [0.25, 0.3) is 10.9 Å². The van der Waals surface area contributed by atoms with E-state index in [0.29, 0.717) is 5.52 Å². The van der Waals surface area contributed by atoms with E-state index in [1.54, 1.807) is 19.1 Å². The van der Waals surface area contributed by atoms with Gasteiger partial charge in [-0.2, -0.15) is 0 Å². The van der Waals surface area contributed by atoms with E-state index in [4.69, 9.17) is 0 Å². The van der Waals surface area contributed by atoms with Gasteiger partial charge in [-0.3, -0.25) is 0 Å². The SMILES string of the molecule is CC(O)c1cn(C(C)C)c2c(C(=O)O)cccc12. The summed E-state index contributed by atoms with van der Waals surface area (Å²) in [6.45, 7) is 5.67. The second-order valence-corrected chi connectivity index (χ2v) is 4.77. The molecule has 0 radical (unpaired) electrons. The molecule has 1 atom stereocenters. The van der Waals surface area contributed by atoms with Crippen LogP contribution in [0.1, 0.15) is 48.8 Å². The molecule has 1 aromatic heterocycles. The van der Waals surface area contributed by atoms with Crippen LogP contribution in [0.15, 0.2) is 24.4 Å². The first kappa shape index (κ1) is 12.6. The smallest absolute Gasteiger partial charge is 0.337 e. The predicted molar refractivity (Wildman–Crippen MR) is 69.9 cm³/mol. The monoisotopic (exact) mass is 247 g/mol. The van der Waals surface area contributed by atoms with Gasteiger partial charge in [0.15, 0.2) is 0 Å². The van der Waals surface area contributed by atoms with Gasteiger partial charge in [-0.1, -0.05) is 12.1 Å². The van der Waals surface area contributed by atoms with E-state index in [0.717, 1.165) is 10.9 Å². The number of rotatable bonds is 3. The number of hydrogen-bond donors (Lipinski definition) is 2. The number of carboxylic acids is 1. The number of aromatic nitrogens is 1. The van der Waals surface area contributed by atoms with Crippen LogP contribution in [0, 0.1) is 0 Å². The molecule has 1 unspecified atom stereocenters. The molecule has 4 nitrogen and oxygen atoms in total. The largest absolute Gasteiger partial charge is 0.478 e. The maximum atomic E-state index is 11.3. The summed E-state index contributed by atoms with van der Waals surface area (Å²) in [4.78, 5) is 11.3. The fourth-order valence-electron chi connectivity index (χ4n) is 2.25. The highest BCUT2D eigenvalue weighted by atomic mass is 16.4. The number of nitrogens with zero attached hydrogens (tertiary/aromatic N) is 1. The lowest BCUT2D eigenvalue weighted by atomic mass is 10.1. The zero-order chi connectivity index (χ0) is 13.4. The maximum Gasteiger partial charge on any atom is 0.337 e. The molecular weight excluding hydrogens is 230 g/mol. The van der Waals surface area contributed by atoms with Gasteiger partial charge in [0, 0.05) is 23.2 Å². The fraction of sp³-hybridized carbons (Fsp3) is 0.357. The van der Waals surface area contributed by atoms with Crippen LogP contribution in [0.2, 0.25) is 0 Å². The number of carbonyl (C=O) groups is 1. The Morgan fingerprint density at radius 1 is 1.28 bits per heavy atom. The maximum absolute atomic E-state index is 11.3. The third-order valence-corrected chi connectivity index (χ3v) is 3.12. The lowest BCUT2D eigenvalue weighted by Crippen LogP contribution is -2.04. The van der Waals surface area contributed by atoms with Gasteiger partial charge in [-0.05, 0) is 26.8 Å². The highest BCUT2D eigenvalue weighted by molar-refractivity contribution is 6.03. The summed E-state index contributed by atoms with van der Waals surface area (Å²) >= 11 is 0. The Bertz CT molecular complexity index is 596. The molecule has 18 heavy (non-hydrogen) atoms. The van der Waals surface area contributed by atoms with Crippen molar-refractivity contribution in [2.75, 3.05) is 0 Å². The quantitative estimate of drug-likeness (QED) is 0.876. The number of aliphatic hydroxyl groups excluding tert-OH is 1. The summed E-state index contributed by atoms with van der Waals surface area (Å²) in [5.74, 6) is -0.947. The number of carboxylic acid groups (broad SMARTS) is 1. The summed E-state index contributed by atoms with van der Waals surface area (Å²) in [5.41, 5.74) is 1.71. The average Bonchev–Trinajstić information content (AvgIpc) is 2.67. The van der Waals surface area contributed by atoms with E-state index >= 15 is 0 Å². The zero-order valence-electron chi connectivity index (χ0n) is 10.7. The number of aliphatic hydroxyl groups is 1. The van der Waals surface area contributed by atoms with Crippen molar-refractivity contribution in [2.24, 2.45) is 0 Å². The standard InChI is InChI=1S/C14H17NO3/c1-8(2)15-7-12(9(3)16)10-5-4-6-11(13(10)15)14(17)18/h4-9,16H,1-3H3,(H,17,18). The van der Waals surface area contributed by atoms with Crippen molar-refractivity contribution < 1.29 is 15.0 Å². The molecule has 0 aliphatic carbocycles. The van der Waals surface area contributed by atoms with Gasteiger partial charge in [-0.15, -0.1) is 0 Å². The highest BCUT2D eigenvalue weighted by Crippen LogP contribution is 2.31.